The third-order valence-corrected chi connectivity index (χ3v) is 4.08. The van der Waals surface area contributed by atoms with Crippen LogP contribution in [0.2, 0.25) is 0 Å². The Labute approximate surface area is 147 Å². The van der Waals surface area contributed by atoms with Crippen LogP contribution in [0.4, 0.5) is 0 Å². The second kappa shape index (κ2) is 7.21. The number of hydrogen-bond donors (Lipinski definition) is 0. The number of rotatable bonds is 5. The standard InChI is InChI=1S/C20H21N3O2/c1-15-9-10-17(11-19(15)25-3)20(24)22(2)13-16-12-21-23(14-16)18-7-5-4-6-8-18/h4-12,14H,13H2,1-3H3. The predicted octanol–water partition coefficient (Wildman–Crippen LogP) is 3.46. The summed E-state index contributed by atoms with van der Waals surface area (Å²) >= 11 is 0. The van der Waals surface area contributed by atoms with Gasteiger partial charge in [-0.1, -0.05) is 24.3 Å². The molecule has 0 bridgehead atoms. The fourth-order valence-corrected chi connectivity index (χ4v) is 2.68. The molecule has 0 saturated carbocycles. The van der Waals surface area contributed by atoms with E-state index >= 15 is 0 Å². The van der Waals surface area contributed by atoms with Gasteiger partial charge in [0.25, 0.3) is 5.91 Å². The van der Waals surface area contributed by atoms with Crippen molar-refractivity contribution in [3.63, 3.8) is 0 Å². The molecule has 5 nitrogen and oxygen atoms in total. The molecule has 0 unspecified atom stereocenters. The largest absolute Gasteiger partial charge is 0.496 e. The molecule has 0 aliphatic rings. The highest BCUT2D eigenvalue weighted by Gasteiger charge is 2.14. The maximum atomic E-state index is 12.6. The summed E-state index contributed by atoms with van der Waals surface area (Å²) in [5.74, 6) is 0.668. The summed E-state index contributed by atoms with van der Waals surface area (Å²) in [5, 5.41) is 4.37. The molecule has 0 aliphatic carbocycles. The van der Waals surface area contributed by atoms with Crippen molar-refractivity contribution in [3.05, 3.63) is 77.6 Å². The molecule has 5 heteroatoms. The van der Waals surface area contributed by atoms with Crippen LogP contribution in [0.3, 0.4) is 0 Å². The molecule has 1 amide bonds. The van der Waals surface area contributed by atoms with E-state index in [1.807, 2.05) is 60.3 Å². The third kappa shape index (κ3) is 3.71. The highest BCUT2D eigenvalue weighted by molar-refractivity contribution is 5.94. The quantitative estimate of drug-likeness (QED) is 0.717. The van der Waals surface area contributed by atoms with Gasteiger partial charge in [-0.2, -0.15) is 5.10 Å². The molecular weight excluding hydrogens is 314 g/mol. The minimum atomic E-state index is -0.0502. The number of carbonyl (C=O) groups is 1. The van der Waals surface area contributed by atoms with Crippen molar-refractivity contribution in [2.45, 2.75) is 13.5 Å². The van der Waals surface area contributed by atoms with Gasteiger partial charge in [-0.3, -0.25) is 4.79 Å². The molecule has 128 valence electrons. The summed E-state index contributed by atoms with van der Waals surface area (Å²) in [5.41, 5.74) is 3.58. The summed E-state index contributed by atoms with van der Waals surface area (Å²) in [7, 11) is 3.40. The molecule has 3 aromatic rings. The maximum Gasteiger partial charge on any atom is 0.254 e. The van der Waals surface area contributed by atoms with E-state index < -0.39 is 0 Å². The number of aromatic nitrogens is 2. The second-order valence-corrected chi connectivity index (χ2v) is 5.97. The SMILES string of the molecule is COc1cc(C(=O)N(C)Cc2cnn(-c3ccccc3)c2)ccc1C. The van der Waals surface area contributed by atoms with Crippen molar-refractivity contribution in [3.8, 4) is 11.4 Å². The molecule has 1 heterocycles. The Morgan fingerprint density at radius 1 is 1.20 bits per heavy atom. The van der Waals surface area contributed by atoms with Crippen molar-refractivity contribution in [2.75, 3.05) is 14.2 Å². The summed E-state index contributed by atoms with van der Waals surface area (Å²) < 4.78 is 7.11. The first-order valence-electron chi connectivity index (χ1n) is 8.07. The van der Waals surface area contributed by atoms with Gasteiger partial charge < -0.3 is 9.64 Å². The predicted molar refractivity (Wildman–Crippen MR) is 97.1 cm³/mol. The van der Waals surface area contributed by atoms with Crippen molar-refractivity contribution < 1.29 is 9.53 Å². The van der Waals surface area contributed by atoms with Crippen LogP contribution in [0.1, 0.15) is 21.5 Å². The number of nitrogens with zero attached hydrogens (tertiary/aromatic N) is 3. The zero-order valence-electron chi connectivity index (χ0n) is 14.6. The molecule has 2 aromatic carbocycles. The maximum absolute atomic E-state index is 12.6. The van der Waals surface area contributed by atoms with Crippen LogP contribution in [-0.2, 0) is 6.54 Å². The van der Waals surface area contributed by atoms with Crippen LogP contribution in [-0.4, -0.2) is 34.7 Å². The number of amides is 1. The van der Waals surface area contributed by atoms with Gasteiger partial charge in [-0.05, 0) is 36.8 Å². The molecule has 0 atom stereocenters. The molecule has 3 rings (SSSR count). The van der Waals surface area contributed by atoms with E-state index in [1.54, 1.807) is 31.3 Å². The van der Waals surface area contributed by atoms with E-state index in [-0.39, 0.29) is 5.91 Å². The lowest BCUT2D eigenvalue weighted by atomic mass is 10.1. The number of benzene rings is 2. The van der Waals surface area contributed by atoms with Gasteiger partial charge in [0.1, 0.15) is 5.75 Å². The molecule has 0 fully saturated rings. The van der Waals surface area contributed by atoms with Crippen LogP contribution < -0.4 is 4.74 Å². The van der Waals surface area contributed by atoms with Crippen LogP contribution >= 0.6 is 0 Å². The average molecular weight is 335 g/mol. The molecule has 0 N–H and O–H groups in total. The van der Waals surface area contributed by atoms with E-state index in [9.17, 15) is 4.79 Å². The Balaban J connectivity index is 1.73. The zero-order valence-corrected chi connectivity index (χ0v) is 14.6. The lowest BCUT2D eigenvalue weighted by Crippen LogP contribution is -2.26. The van der Waals surface area contributed by atoms with Crippen molar-refractivity contribution in [1.29, 1.82) is 0 Å². The number of carbonyl (C=O) groups excluding carboxylic acids is 1. The number of methoxy groups -OCH3 is 1. The van der Waals surface area contributed by atoms with Gasteiger partial charge in [0, 0.05) is 30.9 Å². The molecule has 0 aliphatic heterocycles. The number of para-hydroxylation sites is 1. The van der Waals surface area contributed by atoms with Crippen molar-refractivity contribution in [2.24, 2.45) is 0 Å². The number of ether oxygens (including phenoxy) is 1. The summed E-state index contributed by atoms with van der Waals surface area (Å²) in [4.78, 5) is 14.3. The number of hydrogen-bond acceptors (Lipinski definition) is 3. The monoisotopic (exact) mass is 335 g/mol. The first kappa shape index (κ1) is 16.8. The van der Waals surface area contributed by atoms with Crippen molar-refractivity contribution >= 4 is 5.91 Å². The van der Waals surface area contributed by atoms with Gasteiger partial charge in [0.05, 0.1) is 19.0 Å². The van der Waals surface area contributed by atoms with Gasteiger partial charge in [-0.15, -0.1) is 0 Å². The molecule has 1 aromatic heterocycles. The molecule has 25 heavy (non-hydrogen) atoms. The summed E-state index contributed by atoms with van der Waals surface area (Å²) in [6.07, 6.45) is 3.72. The minimum absolute atomic E-state index is 0.0502. The van der Waals surface area contributed by atoms with E-state index in [1.165, 1.54) is 0 Å². The molecule has 0 radical (unpaired) electrons. The Bertz CT molecular complexity index is 872. The Morgan fingerprint density at radius 3 is 2.68 bits per heavy atom. The Morgan fingerprint density at radius 2 is 1.96 bits per heavy atom. The van der Waals surface area contributed by atoms with Gasteiger partial charge in [0.15, 0.2) is 0 Å². The Kier molecular flexibility index (Phi) is 4.84. The first-order valence-corrected chi connectivity index (χ1v) is 8.07. The van der Waals surface area contributed by atoms with Gasteiger partial charge in [-0.25, -0.2) is 4.68 Å². The second-order valence-electron chi connectivity index (χ2n) is 5.97. The minimum Gasteiger partial charge on any atom is -0.496 e. The fourth-order valence-electron chi connectivity index (χ4n) is 2.68. The van der Waals surface area contributed by atoms with Crippen LogP contribution in [0.15, 0.2) is 60.9 Å². The van der Waals surface area contributed by atoms with Gasteiger partial charge >= 0.3 is 0 Å². The van der Waals surface area contributed by atoms with Crippen molar-refractivity contribution in [1.82, 2.24) is 14.7 Å². The van der Waals surface area contributed by atoms with E-state index in [0.717, 1.165) is 22.6 Å². The summed E-state index contributed by atoms with van der Waals surface area (Å²) in [6.45, 7) is 2.44. The third-order valence-electron chi connectivity index (χ3n) is 4.08. The highest BCUT2D eigenvalue weighted by atomic mass is 16.5. The fraction of sp³-hybridized carbons (Fsp3) is 0.200. The molecule has 0 saturated heterocycles. The van der Waals surface area contributed by atoms with E-state index in [4.69, 9.17) is 4.74 Å². The Hall–Kier alpha value is -3.08. The molecule has 0 spiro atoms. The van der Waals surface area contributed by atoms with Crippen LogP contribution in [0.25, 0.3) is 5.69 Å². The van der Waals surface area contributed by atoms with Crippen LogP contribution in [0.5, 0.6) is 5.75 Å². The smallest absolute Gasteiger partial charge is 0.254 e. The highest BCUT2D eigenvalue weighted by Crippen LogP contribution is 2.20. The topological polar surface area (TPSA) is 47.4 Å². The lowest BCUT2D eigenvalue weighted by molar-refractivity contribution is 0.0784. The van der Waals surface area contributed by atoms with Crippen LogP contribution in [0, 0.1) is 6.92 Å². The average Bonchev–Trinajstić information content (AvgIpc) is 3.10. The van der Waals surface area contributed by atoms with Gasteiger partial charge in [0.2, 0.25) is 0 Å². The summed E-state index contributed by atoms with van der Waals surface area (Å²) in [6, 6.07) is 15.4. The van der Waals surface area contributed by atoms with E-state index in [2.05, 4.69) is 5.10 Å². The van der Waals surface area contributed by atoms with E-state index in [0.29, 0.717) is 12.1 Å². The normalized spacial score (nSPS) is 10.5. The number of aryl methyl sites for hydroxylation is 1. The molecular formula is C20H21N3O2. The zero-order chi connectivity index (χ0) is 17.8. The first-order chi connectivity index (χ1) is 12.1. The lowest BCUT2D eigenvalue weighted by Gasteiger charge is -2.17.